The van der Waals surface area contributed by atoms with Gasteiger partial charge in [-0.1, -0.05) is 6.07 Å². The van der Waals surface area contributed by atoms with Crippen molar-refractivity contribution in [2.45, 2.75) is 25.6 Å². The summed E-state index contributed by atoms with van der Waals surface area (Å²) in [6.07, 6.45) is 4.83. The molecule has 0 aliphatic carbocycles. The molecule has 0 saturated carbocycles. The van der Waals surface area contributed by atoms with Crippen LogP contribution in [-0.2, 0) is 13.2 Å². The van der Waals surface area contributed by atoms with Crippen LogP contribution < -0.4 is 14.8 Å². The highest BCUT2D eigenvalue weighted by Crippen LogP contribution is 2.30. The van der Waals surface area contributed by atoms with E-state index in [1.807, 2.05) is 18.2 Å². The Morgan fingerprint density at radius 1 is 1.04 bits per heavy atom. The Bertz CT molecular complexity index is 749. The summed E-state index contributed by atoms with van der Waals surface area (Å²) in [7, 11) is 1.70. The van der Waals surface area contributed by atoms with Crippen molar-refractivity contribution in [2.75, 3.05) is 46.4 Å². The lowest BCUT2D eigenvalue weighted by molar-refractivity contribution is 0.170. The zero-order chi connectivity index (χ0) is 19.2. The third-order valence-electron chi connectivity index (χ3n) is 5.69. The fraction of sp³-hybridized carbons (Fsp3) is 0.500. The van der Waals surface area contributed by atoms with Crippen LogP contribution >= 0.6 is 0 Å². The van der Waals surface area contributed by atoms with Crippen molar-refractivity contribution < 1.29 is 9.47 Å². The zero-order valence-corrected chi connectivity index (χ0v) is 16.6. The van der Waals surface area contributed by atoms with E-state index in [1.54, 1.807) is 19.5 Å². The van der Waals surface area contributed by atoms with Crippen molar-refractivity contribution in [3.63, 3.8) is 0 Å². The highest BCUT2D eigenvalue weighted by atomic mass is 16.5. The average molecular weight is 383 g/mol. The van der Waals surface area contributed by atoms with E-state index in [2.05, 4.69) is 32.2 Å². The van der Waals surface area contributed by atoms with Gasteiger partial charge in [-0.05, 0) is 41.8 Å². The Morgan fingerprint density at radius 2 is 1.86 bits per heavy atom. The molecule has 0 radical (unpaired) electrons. The van der Waals surface area contributed by atoms with Gasteiger partial charge in [0.05, 0.1) is 7.11 Å². The molecule has 1 aromatic heterocycles. The molecule has 0 spiro atoms. The standard InChI is InChI=1S/C22H30N4O2/c1-27-22-14-19(2-3-21(22)28-17-18-4-7-23-8-5-18)15-25-11-6-20(16-25)26-12-9-24-10-13-26/h2-5,7-8,14,20,24H,6,9-13,15-17H2,1H3. The van der Waals surface area contributed by atoms with E-state index in [1.165, 1.54) is 25.1 Å². The first-order chi connectivity index (χ1) is 13.8. The predicted molar refractivity (Wildman–Crippen MR) is 110 cm³/mol. The van der Waals surface area contributed by atoms with Gasteiger partial charge in [0.15, 0.2) is 11.5 Å². The molecule has 3 heterocycles. The minimum atomic E-state index is 0.511. The van der Waals surface area contributed by atoms with Crippen LogP contribution in [0.4, 0.5) is 0 Å². The molecule has 2 aromatic rings. The van der Waals surface area contributed by atoms with Crippen molar-refractivity contribution in [3.8, 4) is 11.5 Å². The van der Waals surface area contributed by atoms with Crippen molar-refractivity contribution in [3.05, 3.63) is 53.9 Å². The topological polar surface area (TPSA) is 49.9 Å². The predicted octanol–water partition coefficient (Wildman–Crippen LogP) is 2.15. The van der Waals surface area contributed by atoms with Gasteiger partial charge in [-0.25, -0.2) is 0 Å². The monoisotopic (exact) mass is 382 g/mol. The minimum Gasteiger partial charge on any atom is -0.493 e. The number of benzene rings is 1. The number of likely N-dealkylation sites (tertiary alicyclic amines) is 1. The quantitative estimate of drug-likeness (QED) is 0.792. The van der Waals surface area contributed by atoms with Crippen LogP contribution in [0.25, 0.3) is 0 Å². The lowest BCUT2D eigenvalue weighted by Crippen LogP contribution is -2.49. The fourth-order valence-corrected chi connectivity index (χ4v) is 4.13. The number of aromatic nitrogens is 1. The molecule has 28 heavy (non-hydrogen) atoms. The summed E-state index contributed by atoms with van der Waals surface area (Å²) in [6, 6.07) is 10.9. The molecular weight excluding hydrogens is 352 g/mol. The van der Waals surface area contributed by atoms with Gasteiger partial charge in [-0.15, -0.1) is 0 Å². The summed E-state index contributed by atoms with van der Waals surface area (Å²) in [5.41, 5.74) is 2.37. The SMILES string of the molecule is COc1cc(CN2CCC(N3CCNCC3)C2)ccc1OCc1ccncc1. The normalized spacial score (nSPS) is 21.0. The van der Waals surface area contributed by atoms with Crippen LogP contribution in [-0.4, -0.2) is 67.2 Å². The molecule has 1 aromatic carbocycles. The Morgan fingerprint density at radius 3 is 2.64 bits per heavy atom. The Hall–Kier alpha value is -2.15. The molecule has 0 amide bonds. The van der Waals surface area contributed by atoms with E-state index < -0.39 is 0 Å². The molecular formula is C22H30N4O2. The average Bonchev–Trinajstić information content (AvgIpc) is 3.22. The number of hydrogen-bond donors (Lipinski definition) is 1. The van der Waals surface area contributed by atoms with E-state index in [-0.39, 0.29) is 0 Å². The summed E-state index contributed by atoms with van der Waals surface area (Å²) >= 11 is 0. The number of nitrogens with one attached hydrogen (secondary N) is 1. The maximum absolute atomic E-state index is 5.96. The van der Waals surface area contributed by atoms with E-state index in [0.717, 1.165) is 49.8 Å². The zero-order valence-electron chi connectivity index (χ0n) is 16.6. The molecule has 150 valence electrons. The highest BCUT2D eigenvalue weighted by Gasteiger charge is 2.28. The van der Waals surface area contributed by atoms with Crippen molar-refractivity contribution in [1.29, 1.82) is 0 Å². The third-order valence-corrected chi connectivity index (χ3v) is 5.69. The van der Waals surface area contributed by atoms with Crippen LogP contribution in [0.1, 0.15) is 17.5 Å². The molecule has 2 aliphatic heterocycles. The van der Waals surface area contributed by atoms with Crippen LogP contribution in [0, 0.1) is 0 Å². The Balaban J connectivity index is 1.33. The number of nitrogens with zero attached hydrogens (tertiary/aromatic N) is 3. The van der Waals surface area contributed by atoms with Gasteiger partial charge in [0.1, 0.15) is 6.61 Å². The number of piperazine rings is 1. The number of methoxy groups -OCH3 is 1. The molecule has 2 aliphatic rings. The molecule has 2 fully saturated rings. The van der Waals surface area contributed by atoms with E-state index in [4.69, 9.17) is 9.47 Å². The van der Waals surface area contributed by atoms with E-state index in [0.29, 0.717) is 12.6 Å². The van der Waals surface area contributed by atoms with Crippen LogP contribution in [0.5, 0.6) is 11.5 Å². The molecule has 4 rings (SSSR count). The maximum atomic E-state index is 5.96. The second kappa shape index (κ2) is 9.37. The van der Waals surface area contributed by atoms with Gasteiger partial charge >= 0.3 is 0 Å². The fourth-order valence-electron chi connectivity index (χ4n) is 4.13. The molecule has 2 saturated heterocycles. The number of ether oxygens (including phenoxy) is 2. The van der Waals surface area contributed by atoms with Crippen molar-refractivity contribution in [1.82, 2.24) is 20.1 Å². The van der Waals surface area contributed by atoms with Crippen molar-refractivity contribution in [2.24, 2.45) is 0 Å². The summed E-state index contributed by atoms with van der Waals surface area (Å²) in [5, 5.41) is 3.44. The molecule has 1 N–H and O–H groups in total. The Kier molecular flexibility index (Phi) is 6.41. The smallest absolute Gasteiger partial charge is 0.161 e. The molecule has 6 nitrogen and oxygen atoms in total. The van der Waals surface area contributed by atoms with Gasteiger partial charge in [0.25, 0.3) is 0 Å². The van der Waals surface area contributed by atoms with Crippen LogP contribution in [0.3, 0.4) is 0 Å². The summed E-state index contributed by atoms with van der Waals surface area (Å²) in [6.45, 7) is 8.38. The van der Waals surface area contributed by atoms with Crippen LogP contribution in [0.15, 0.2) is 42.7 Å². The highest BCUT2D eigenvalue weighted by molar-refractivity contribution is 5.43. The van der Waals surface area contributed by atoms with Crippen LogP contribution in [0.2, 0.25) is 0 Å². The number of pyridine rings is 1. The first-order valence-electron chi connectivity index (χ1n) is 10.2. The Labute approximate surface area is 167 Å². The second-order valence-corrected chi connectivity index (χ2v) is 7.59. The van der Waals surface area contributed by atoms with Gasteiger partial charge < -0.3 is 14.8 Å². The first-order valence-corrected chi connectivity index (χ1v) is 10.2. The van der Waals surface area contributed by atoms with Gasteiger partial charge in [0, 0.05) is 64.2 Å². The lowest BCUT2D eigenvalue weighted by atomic mass is 10.2. The van der Waals surface area contributed by atoms with Crippen molar-refractivity contribution >= 4 is 0 Å². The largest absolute Gasteiger partial charge is 0.493 e. The molecule has 6 heteroatoms. The van der Waals surface area contributed by atoms with E-state index in [9.17, 15) is 0 Å². The summed E-state index contributed by atoms with van der Waals surface area (Å²) < 4.78 is 11.5. The van der Waals surface area contributed by atoms with E-state index >= 15 is 0 Å². The van der Waals surface area contributed by atoms with Gasteiger partial charge in [-0.3, -0.25) is 14.8 Å². The second-order valence-electron chi connectivity index (χ2n) is 7.59. The van der Waals surface area contributed by atoms with Gasteiger partial charge in [0.2, 0.25) is 0 Å². The number of hydrogen-bond acceptors (Lipinski definition) is 6. The molecule has 1 atom stereocenters. The summed E-state index contributed by atoms with van der Waals surface area (Å²) in [4.78, 5) is 9.24. The summed E-state index contributed by atoms with van der Waals surface area (Å²) in [5.74, 6) is 1.58. The van der Waals surface area contributed by atoms with Gasteiger partial charge in [-0.2, -0.15) is 0 Å². The molecule has 0 bridgehead atoms. The molecule has 1 unspecified atom stereocenters. The minimum absolute atomic E-state index is 0.511. The number of rotatable bonds is 7. The lowest BCUT2D eigenvalue weighted by Gasteiger charge is -2.32. The maximum Gasteiger partial charge on any atom is 0.161 e. The third kappa shape index (κ3) is 4.82. The first kappa shape index (κ1) is 19.2.